The molecular weight excluding hydrogens is 822 g/mol. The van der Waals surface area contributed by atoms with Gasteiger partial charge in [0.25, 0.3) is 11.2 Å². The van der Waals surface area contributed by atoms with Crippen LogP contribution in [0.4, 0.5) is 0 Å². The number of unbranched alkanes of at least 4 members (excludes halogenated alkanes) is 20. The number of ketones is 2. The van der Waals surface area contributed by atoms with Crippen molar-refractivity contribution in [1.29, 1.82) is 0 Å². The molecule has 1 aromatic rings. The van der Waals surface area contributed by atoms with Gasteiger partial charge in [-0.25, -0.2) is 13.9 Å². The molecule has 348 valence electrons. The van der Waals surface area contributed by atoms with Crippen molar-refractivity contribution in [3.63, 3.8) is 0 Å². The maximum absolute atomic E-state index is 14.2. The standard InChI is InChI=1S/C41H74N2O15P2/c1-4-6-8-10-12-14-16-18-20-22-24-26-35(45)41(37(47)31-44,36(46)27-25-23-21-19-17-15-13-11-9-7-5-2)57-43-39(48)33(3)30-42(40(43)49)38-29-28-34(56-38)32-55-60(53,54)58-59(50,51)52/h30,34,37-38,44,47H,4-29,31-32H2,1-3H3,(H,53,54)(H2,50,51,52)/t34-,37?,38+/m0/s1. The molecule has 2 unspecified atom stereocenters. The van der Waals surface area contributed by atoms with Crippen LogP contribution in [0.3, 0.4) is 0 Å². The summed E-state index contributed by atoms with van der Waals surface area (Å²) >= 11 is 0. The average molecular weight is 897 g/mol. The van der Waals surface area contributed by atoms with Crippen molar-refractivity contribution in [3.8, 4) is 0 Å². The van der Waals surface area contributed by atoms with Crippen molar-refractivity contribution >= 4 is 27.2 Å². The van der Waals surface area contributed by atoms with Crippen LogP contribution in [0.5, 0.6) is 0 Å². The highest BCUT2D eigenvalue weighted by Crippen LogP contribution is 2.57. The molecule has 0 aliphatic carbocycles. The summed E-state index contributed by atoms with van der Waals surface area (Å²) in [5.41, 5.74) is -5.00. The summed E-state index contributed by atoms with van der Waals surface area (Å²) in [4.78, 5) is 89.3. The van der Waals surface area contributed by atoms with Crippen LogP contribution in [0, 0.1) is 6.92 Å². The normalized spacial score (nSPS) is 17.5. The van der Waals surface area contributed by atoms with Crippen molar-refractivity contribution in [3.05, 3.63) is 32.6 Å². The predicted octanol–water partition coefficient (Wildman–Crippen LogP) is 7.28. The first-order valence-corrected chi connectivity index (χ1v) is 25.3. The van der Waals surface area contributed by atoms with Gasteiger partial charge in [0.2, 0.25) is 0 Å². The fraction of sp³-hybridized carbons (Fsp3) is 0.854. The number of phosphoric ester groups is 1. The largest absolute Gasteiger partial charge is 0.481 e. The lowest BCUT2D eigenvalue weighted by Gasteiger charge is -2.34. The molecule has 1 aliphatic rings. The molecule has 17 nitrogen and oxygen atoms in total. The maximum Gasteiger partial charge on any atom is 0.481 e. The number of aliphatic hydroxyl groups excluding tert-OH is 2. The second kappa shape index (κ2) is 28.6. The Morgan fingerprint density at radius 3 is 1.62 bits per heavy atom. The lowest BCUT2D eigenvalue weighted by atomic mass is 9.82. The fourth-order valence-electron chi connectivity index (χ4n) is 7.54. The Morgan fingerprint density at radius 2 is 1.20 bits per heavy atom. The lowest BCUT2D eigenvalue weighted by molar-refractivity contribution is -0.180. The van der Waals surface area contributed by atoms with Crippen LogP contribution in [0.2, 0.25) is 0 Å². The van der Waals surface area contributed by atoms with Crippen LogP contribution in [-0.4, -0.2) is 76.8 Å². The molecule has 1 saturated heterocycles. The predicted molar refractivity (Wildman–Crippen MR) is 226 cm³/mol. The zero-order valence-electron chi connectivity index (χ0n) is 36.2. The van der Waals surface area contributed by atoms with E-state index in [-0.39, 0.29) is 36.0 Å². The van der Waals surface area contributed by atoms with Gasteiger partial charge in [0.15, 0.2) is 11.6 Å². The molecule has 4 atom stereocenters. The number of phosphoric acid groups is 2. The summed E-state index contributed by atoms with van der Waals surface area (Å²) in [7, 11) is -10.5. The van der Waals surface area contributed by atoms with Gasteiger partial charge in [0.1, 0.15) is 12.3 Å². The summed E-state index contributed by atoms with van der Waals surface area (Å²) in [6.07, 6.45) is 19.1. The zero-order valence-corrected chi connectivity index (χ0v) is 38.0. The van der Waals surface area contributed by atoms with E-state index in [4.69, 9.17) is 19.4 Å². The Hall–Kier alpha value is -2.04. The highest BCUT2D eigenvalue weighted by Gasteiger charge is 2.54. The van der Waals surface area contributed by atoms with Crippen molar-refractivity contribution in [2.24, 2.45) is 0 Å². The van der Waals surface area contributed by atoms with E-state index in [0.29, 0.717) is 25.7 Å². The van der Waals surface area contributed by atoms with Crippen LogP contribution in [0.15, 0.2) is 15.8 Å². The third-order valence-corrected chi connectivity index (χ3v) is 13.2. The number of hydrogen-bond donors (Lipinski definition) is 5. The molecule has 19 heteroatoms. The minimum Gasteiger partial charge on any atom is -0.393 e. The molecule has 1 fully saturated rings. The van der Waals surface area contributed by atoms with E-state index in [1.165, 1.54) is 77.3 Å². The van der Waals surface area contributed by atoms with E-state index in [1.54, 1.807) is 0 Å². The van der Waals surface area contributed by atoms with Crippen molar-refractivity contribution in [2.75, 3.05) is 13.2 Å². The first kappa shape index (κ1) is 54.1. The SMILES string of the molecule is CCCCCCCCCCCCCC(=O)C(On1c(=O)c(C)cn([C@H]2CC[C@@H](COP(=O)(O)OP(=O)(O)O)O2)c1=O)(C(=O)CCCCCCCCCCCCC)C(O)CO. The first-order valence-electron chi connectivity index (χ1n) is 22.3. The summed E-state index contributed by atoms with van der Waals surface area (Å²) in [5.74, 6) is -1.71. The van der Waals surface area contributed by atoms with Gasteiger partial charge in [0.05, 0.1) is 19.3 Å². The number of carbonyl (C=O) groups excluding carboxylic acids is 2. The van der Waals surface area contributed by atoms with Crippen LogP contribution in [0.1, 0.15) is 193 Å². The first-order chi connectivity index (χ1) is 28.5. The molecule has 1 aliphatic heterocycles. The van der Waals surface area contributed by atoms with Crippen LogP contribution in [0.25, 0.3) is 0 Å². The van der Waals surface area contributed by atoms with Gasteiger partial charge in [-0.2, -0.15) is 4.31 Å². The Kier molecular flexibility index (Phi) is 25.8. The highest BCUT2D eigenvalue weighted by atomic mass is 31.3. The van der Waals surface area contributed by atoms with Gasteiger partial charge in [-0.3, -0.25) is 23.5 Å². The minimum absolute atomic E-state index is 0.0594. The second-order valence-electron chi connectivity index (χ2n) is 16.2. The van der Waals surface area contributed by atoms with Crippen LogP contribution >= 0.6 is 15.6 Å². The summed E-state index contributed by atoms with van der Waals surface area (Å²) in [5, 5.41) is 21.6. The van der Waals surface area contributed by atoms with E-state index in [0.717, 1.165) is 55.9 Å². The Bertz CT molecular complexity index is 1590. The monoisotopic (exact) mass is 896 g/mol. The second-order valence-corrected chi connectivity index (χ2v) is 19.0. The van der Waals surface area contributed by atoms with Crippen LogP contribution < -0.4 is 16.1 Å². The molecule has 0 radical (unpaired) electrons. The number of nitrogens with zero attached hydrogens (tertiary/aromatic N) is 2. The molecular formula is C41H74N2O15P2. The van der Waals surface area contributed by atoms with E-state index in [2.05, 4.69) is 22.7 Å². The molecule has 2 heterocycles. The molecule has 0 aromatic carbocycles. The number of aryl methyl sites for hydroxylation is 1. The van der Waals surface area contributed by atoms with Crippen LogP contribution in [-0.2, 0) is 32.3 Å². The van der Waals surface area contributed by atoms with Gasteiger partial charge < -0.3 is 34.5 Å². The number of aromatic nitrogens is 2. The van der Waals surface area contributed by atoms with E-state index in [1.807, 2.05) is 0 Å². The molecule has 0 saturated carbocycles. The maximum atomic E-state index is 14.2. The summed E-state index contributed by atoms with van der Waals surface area (Å²) < 4.78 is 38.5. The smallest absolute Gasteiger partial charge is 0.393 e. The Labute approximate surface area is 355 Å². The topological polar surface area (TPSA) is 250 Å². The molecule has 0 spiro atoms. The molecule has 0 bridgehead atoms. The quantitative estimate of drug-likeness (QED) is 0.0252. The molecule has 2 rings (SSSR count). The molecule has 0 amide bonds. The number of Topliss-reactive ketones (excluding diaryl/α,β-unsaturated/α-hetero) is 2. The number of aliphatic hydroxyl groups is 2. The number of carbonyl (C=O) groups is 2. The van der Waals surface area contributed by atoms with Gasteiger partial charge in [-0.1, -0.05) is 147 Å². The minimum atomic E-state index is -5.36. The van der Waals surface area contributed by atoms with Crippen molar-refractivity contribution in [1.82, 2.24) is 9.30 Å². The molecule has 5 N–H and O–H groups in total. The Balaban J connectivity index is 2.27. The zero-order chi connectivity index (χ0) is 44.6. The average Bonchev–Trinajstić information content (AvgIpc) is 3.67. The third kappa shape index (κ3) is 19.1. The third-order valence-electron chi connectivity index (χ3n) is 11.0. The van der Waals surface area contributed by atoms with Gasteiger partial charge in [-0.15, -0.1) is 0 Å². The van der Waals surface area contributed by atoms with Crippen molar-refractivity contribution in [2.45, 2.75) is 212 Å². The summed E-state index contributed by atoms with van der Waals surface area (Å²) in [6, 6.07) is 0. The number of ether oxygens (including phenoxy) is 1. The fourth-order valence-corrected chi connectivity index (χ4v) is 9.16. The highest BCUT2D eigenvalue weighted by molar-refractivity contribution is 7.60. The van der Waals surface area contributed by atoms with Gasteiger partial charge >= 0.3 is 21.3 Å². The Morgan fingerprint density at radius 1 is 0.767 bits per heavy atom. The molecule has 60 heavy (non-hydrogen) atoms. The van der Waals surface area contributed by atoms with Gasteiger partial charge in [0, 0.05) is 24.6 Å². The number of rotatable bonds is 36. The number of hydrogen-bond acceptors (Lipinski definition) is 12. The van der Waals surface area contributed by atoms with Crippen molar-refractivity contribution < 1.29 is 62.0 Å². The summed E-state index contributed by atoms with van der Waals surface area (Å²) in [6.45, 7) is 4.00. The lowest BCUT2D eigenvalue weighted by Crippen LogP contribution is -2.66. The van der Waals surface area contributed by atoms with E-state index in [9.17, 15) is 43.4 Å². The van der Waals surface area contributed by atoms with E-state index < -0.39 is 75.7 Å². The van der Waals surface area contributed by atoms with Gasteiger partial charge in [-0.05, 0) is 32.6 Å². The molecule has 1 aromatic heterocycles. The van der Waals surface area contributed by atoms with E-state index >= 15 is 0 Å².